The first-order valence-electron chi connectivity index (χ1n) is 0.548. The molecule has 0 fully saturated rings. The van der Waals surface area contributed by atoms with Crippen LogP contribution in [-0.2, 0) is 0 Å². The Labute approximate surface area is 86.9 Å². The molecule has 0 aromatic heterocycles. The predicted molar refractivity (Wildman–Crippen MR) is 21.9 cm³/mol. The van der Waals surface area contributed by atoms with Crippen molar-refractivity contribution in [2.45, 2.75) is 0 Å². The molecule has 0 bridgehead atoms. The molecule has 0 heterocycles. The van der Waals surface area contributed by atoms with Crippen LogP contribution in [0.4, 0.5) is 0 Å². The summed E-state index contributed by atoms with van der Waals surface area (Å²) in [6, 6.07) is 0. The van der Waals surface area contributed by atoms with Crippen LogP contribution in [0.5, 0.6) is 0 Å². The van der Waals surface area contributed by atoms with Crippen LogP contribution in [-0.4, -0.2) is 60.2 Å². The molecule has 0 amide bonds. The van der Waals surface area contributed by atoms with Gasteiger partial charge in [0.25, 0.3) is 0 Å². The minimum Gasteiger partial charge on any atom is -1.00 e. The van der Waals surface area contributed by atoms with E-state index in [0.29, 0.717) is 0 Å². The van der Waals surface area contributed by atoms with E-state index in [2.05, 4.69) is 0 Å². The Morgan fingerprint density at radius 1 is 1.29 bits per heavy atom. The van der Waals surface area contributed by atoms with Gasteiger partial charge in [0.15, 0.2) is 0 Å². The smallest absolute Gasteiger partial charge is 1.00 e. The molecule has 0 aliphatic heterocycles. The zero-order valence-corrected chi connectivity index (χ0v) is 7.45. The molecule has 0 aliphatic carbocycles. The normalized spacial score (nSPS) is 3.43. The van der Waals surface area contributed by atoms with Crippen molar-refractivity contribution in [3.63, 3.8) is 0 Å². The Morgan fingerprint density at radius 3 is 1.29 bits per heavy atom. The Morgan fingerprint density at radius 2 is 1.29 bits per heavy atom. The van der Waals surface area contributed by atoms with Crippen molar-refractivity contribution in [2.75, 3.05) is 0 Å². The van der Waals surface area contributed by atoms with Crippen molar-refractivity contribution in [3.8, 4) is 0 Å². The second kappa shape index (κ2) is 15.7. The minimum atomic E-state index is -1.75. The third-order valence-corrected chi connectivity index (χ3v) is 0. The van der Waals surface area contributed by atoms with E-state index >= 15 is 0 Å². The molecular weight excluding hydrogens is 165 g/mol. The van der Waals surface area contributed by atoms with Gasteiger partial charge in [-0.2, -0.15) is 0 Å². The van der Waals surface area contributed by atoms with Gasteiger partial charge in [0.05, 0.1) is 5.09 Å². The van der Waals surface area contributed by atoms with Crippen molar-refractivity contribution in [3.05, 3.63) is 15.3 Å². The molecule has 4 nitrogen and oxygen atoms in total. The molecule has 0 aliphatic rings. The van der Waals surface area contributed by atoms with Crippen LogP contribution in [0, 0.1) is 15.3 Å². The van der Waals surface area contributed by atoms with E-state index < -0.39 is 5.09 Å². The summed E-state index contributed by atoms with van der Waals surface area (Å²) >= 11 is 0. The summed E-state index contributed by atoms with van der Waals surface area (Å²) in [6.07, 6.45) is 0. The number of rotatable bonds is 0. The summed E-state index contributed by atoms with van der Waals surface area (Å²) < 4.78 is 0. The molecule has 0 atom stereocenters. The van der Waals surface area contributed by atoms with Gasteiger partial charge in [-0.3, -0.25) is 0 Å². The fourth-order valence-corrected chi connectivity index (χ4v) is 0. The average Bonchev–Trinajstić information content (AvgIpc) is 0.811. The van der Waals surface area contributed by atoms with Crippen LogP contribution < -0.4 is 12.4 Å². The van der Waals surface area contributed by atoms with Crippen LogP contribution in [0.25, 0.3) is 0 Å². The maximum atomic E-state index is 8.25. The average molecular weight is 165 g/mol. The van der Waals surface area contributed by atoms with E-state index in [4.69, 9.17) is 15.3 Å². The molecule has 0 aromatic carbocycles. The molecule has 0 spiro atoms. The Hall–Kier alpha value is 1.28. The molecule has 7 heavy (non-hydrogen) atoms. The van der Waals surface area contributed by atoms with E-state index in [1.165, 1.54) is 0 Å². The monoisotopic (exact) mass is 164 g/mol. The van der Waals surface area contributed by atoms with Crippen LogP contribution in [0.15, 0.2) is 0 Å². The van der Waals surface area contributed by atoms with Gasteiger partial charge in [0.1, 0.15) is 0 Å². The zero-order valence-electron chi connectivity index (χ0n) is 3.33. The molecule has 0 saturated carbocycles. The molecule has 0 rings (SSSR count). The molecular formula is AlCaClNO3+3. The Balaban J connectivity index is -0.0000000150. The Bertz CT molecular complexity index is 37.9. The summed E-state index contributed by atoms with van der Waals surface area (Å²) in [7, 11) is 0. The van der Waals surface area contributed by atoms with Crippen molar-refractivity contribution in [1.29, 1.82) is 0 Å². The molecule has 0 radical (unpaired) electrons. The fraction of sp³-hybridized carbons (Fsp3) is 0. The number of nitrogens with zero attached hydrogens (tertiary/aromatic N) is 1. The number of halogens is 1. The predicted octanol–water partition coefficient (Wildman–Crippen LogP) is -4.00. The summed E-state index contributed by atoms with van der Waals surface area (Å²) in [6.45, 7) is 0. The maximum Gasteiger partial charge on any atom is 3.00 e. The van der Waals surface area contributed by atoms with E-state index in [1.807, 2.05) is 0 Å². The van der Waals surface area contributed by atoms with Crippen LogP contribution >= 0.6 is 0 Å². The van der Waals surface area contributed by atoms with Gasteiger partial charge >= 0.3 is 55.1 Å². The van der Waals surface area contributed by atoms with E-state index in [9.17, 15) is 0 Å². The van der Waals surface area contributed by atoms with Gasteiger partial charge in [0.2, 0.25) is 0 Å². The number of hydrogen-bond donors (Lipinski definition) is 0. The van der Waals surface area contributed by atoms with Crippen molar-refractivity contribution >= 4 is 55.1 Å². The van der Waals surface area contributed by atoms with E-state index in [-0.39, 0.29) is 67.5 Å². The van der Waals surface area contributed by atoms with Gasteiger partial charge in [-0.05, 0) is 0 Å². The second-order valence-corrected chi connectivity index (χ2v) is 0.224. The standard InChI is InChI=1S/Al.Ca.ClH.NO3/c;;;2-1(3)4/h;;1H;/q+3;+2;;-1/p-1. The van der Waals surface area contributed by atoms with Crippen molar-refractivity contribution < 1.29 is 17.5 Å². The van der Waals surface area contributed by atoms with E-state index in [0.717, 1.165) is 0 Å². The van der Waals surface area contributed by atoms with Gasteiger partial charge < -0.3 is 27.7 Å². The van der Waals surface area contributed by atoms with Gasteiger partial charge in [-0.1, -0.05) is 0 Å². The molecule has 32 valence electrons. The topological polar surface area (TPSA) is 66.2 Å². The largest absolute Gasteiger partial charge is 3.00 e. The number of hydrogen-bond acceptors (Lipinski definition) is 3. The maximum absolute atomic E-state index is 8.25. The molecule has 7 heteroatoms. The minimum absolute atomic E-state index is 0. The molecule has 0 N–H and O–H groups in total. The summed E-state index contributed by atoms with van der Waals surface area (Å²) in [5, 5.41) is 14.8. The SMILES string of the molecule is O=[N+]([O-])[O-].[Al+3].[Ca+2].[Cl-]. The third-order valence-electron chi connectivity index (χ3n) is 0. The van der Waals surface area contributed by atoms with Crippen molar-refractivity contribution in [2.24, 2.45) is 0 Å². The van der Waals surface area contributed by atoms with Crippen molar-refractivity contribution in [1.82, 2.24) is 0 Å². The first-order chi connectivity index (χ1) is 1.73. The van der Waals surface area contributed by atoms with Gasteiger partial charge in [-0.15, -0.1) is 0 Å². The summed E-state index contributed by atoms with van der Waals surface area (Å²) in [4.78, 5) is 8.25. The first kappa shape index (κ1) is 24.0. The first-order valence-corrected chi connectivity index (χ1v) is 0.548. The van der Waals surface area contributed by atoms with Crippen LogP contribution in [0.3, 0.4) is 0 Å². The van der Waals surface area contributed by atoms with Crippen LogP contribution in [0.2, 0.25) is 0 Å². The Kier molecular flexibility index (Phi) is 53.6. The fourth-order valence-electron chi connectivity index (χ4n) is 0. The van der Waals surface area contributed by atoms with Gasteiger partial charge in [-0.25, -0.2) is 0 Å². The molecule has 0 unspecified atom stereocenters. The summed E-state index contributed by atoms with van der Waals surface area (Å²) in [5.41, 5.74) is 0. The molecule has 0 aromatic rings. The van der Waals surface area contributed by atoms with Crippen LogP contribution in [0.1, 0.15) is 0 Å². The second-order valence-electron chi connectivity index (χ2n) is 0.224. The molecule has 0 saturated heterocycles. The van der Waals surface area contributed by atoms with Gasteiger partial charge in [0, 0.05) is 0 Å². The third kappa shape index (κ3) is 124. The summed E-state index contributed by atoms with van der Waals surface area (Å²) in [5.74, 6) is 0. The zero-order chi connectivity index (χ0) is 3.58. The van der Waals surface area contributed by atoms with E-state index in [1.54, 1.807) is 0 Å². The quantitative estimate of drug-likeness (QED) is 0.208.